The van der Waals surface area contributed by atoms with Crippen molar-refractivity contribution in [3.63, 3.8) is 0 Å². The molecule has 1 atom stereocenters. The van der Waals surface area contributed by atoms with Crippen molar-refractivity contribution in [1.82, 2.24) is 9.71 Å². The highest BCUT2D eigenvalue weighted by atomic mass is 32.2. The average molecular weight is 332 g/mol. The molecule has 1 aliphatic heterocycles. The van der Waals surface area contributed by atoms with Crippen molar-refractivity contribution in [2.75, 3.05) is 13.2 Å². The molecule has 0 radical (unpaired) electrons. The summed E-state index contributed by atoms with van der Waals surface area (Å²) in [5.41, 5.74) is 0.888. The molecule has 5 nitrogen and oxygen atoms in total. The molecule has 122 valence electrons. The number of ether oxygens (including phenoxy) is 1. The standard InChI is InChI=1S/C17H20N2O3S/c20-23(21,16-6-2-1-3-7-16)19-17(14-8-11-22-12-9-14)15-5-4-10-18-13-15/h1-7,10,13-14,17,19H,8-9,11-12H2. The lowest BCUT2D eigenvalue weighted by Crippen LogP contribution is -2.36. The van der Waals surface area contributed by atoms with Crippen LogP contribution in [-0.2, 0) is 14.8 Å². The molecule has 23 heavy (non-hydrogen) atoms. The van der Waals surface area contributed by atoms with Gasteiger partial charge >= 0.3 is 0 Å². The summed E-state index contributed by atoms with van der Waals surface area (Å²) >= 11 is 0. The van der Waals surface area contributed by atoms with Gasteiger partial charge in [0, 0.05) is 25.6 Å². The third-order valence-electron chi connectivity index (χ3n) is 4.12. The molecule has 1 fully saturated rings. The van der Waals surface area contributed by atoms with Gasteiger partial charge in [-0.15, -0.1) is 0 Å². The molecule has 0 aliphatic carbocycles. The van der Waals surface area contributed by atoms with Crippen molar-refractivity contribution in [2.24, 2.45) is 5.92 Å². The molecule has 2 heterocycles. The van der Waals surface area contributed by atoms with E-state index in [9.17, 15) is 8.42 Å². The Labute approximate surface area is 136 Å². The van der Waals surface area contributed by atoms with Gasteiger partial charge in [-0.2, -0.15) is 0 Å². The van der Waals surface area contributed by atoms with E-state index < -0.39 is 10.0 Å². The monoisotopic (exact) mass is 332 g/mol. The average Bonchev–Trinajstić information content (AvgIpc) is 2.62. The first-order chi connectivity index (χ1) is 11.2. The highest BCUT2D eigenvalue weighted by Crippen LogP contribution is 2.31. The van der Waals surface area contributed by atoms with E-state index in [4.69, 9.17) is 4.74 Å². The lowest BCUT2D eigenvalue weighted by atomic mass is 9.88. The first kappa shape index (κ1) is 16.1. The van der Waals surface area contributed by atoms with Gasteiger partial charge in [0.15, 0.2) is 0 Å². The van der Waals surface area contributed by atoms with Crippen LogP contribution in [0.15, 0.2) is 59.8 Å². The van der Waals surface area contributed by atoms with Gasteiger partial charge in [0.05, 0.1) is 10.9 Å². The largest absolute Gasteiger partial charge is 0.381 e. The summed E-state index contributed by atoms with van der Waals surface area (Å²) in [4.78, 5) is 4.42. The van der Waals surface area contributed by atoms with Crippen molar-refractivity contribution in [3.05, 3.63) is 60.4 Å². The van der Waals surface area contributed by atoms with E-state index >= 15 is 0 Å². The van der Waals surface area contributed by atoms with Crippen molar-refractivity contribution >= 4 is 10.0 Å². The topological polar surface area (TPSA) is 68.3 Å². The zero-order valence-electron chi connectivity index (χ0n) is 12.8. The SMILES string of the molecule is O=S(=O)(NC(c1cccnc1)C1CCOCC1)c1ccccc1. The lowest BCUT2D eigenvalue weighted by molar-refractivity contribution is 0.0564. The number of hydrogen-bond donors (Lipinski definition) is 1. The number of pyridine rings is 1. The van der Waals surface area contributed by atoms with E-state index in [2.05, 4.69) is 9.71 Å². The minimum atomic E-state index is -3.58. The Kier molecular flexibility index (Phi) is 5.05. The van der Waals surface area contributed by atoms with Crippen LogP contribution in [0.3, 0.4) is 0 Å². The maximum atomic E-state index is 12.7. The van der Waals surface area contributed by atoms with Crippen molar-refractivity contribution in [2.45, 2.75) is 23.8 Å². The fourth-order valence-electron chi connectivity index (χ4n) is 2.88. The summed E-state index contributed by atoms with van der Waals surface area (Å²) < 4.78 is 33.7. The second-order valence-corrected chi connectivity index (χ2v) is 7.36. The molecule has 0 spiro atoms. The van der Waals surface area contributed by atoms with Crippen LogP contribution in [0.1, 0.15) is 24.4 Å². The van der Waals surface area contributed by atoms with Crippen molar-refractivity contribution in [3.8, 4) is 0 Å². The number of hydrogen-bond acceptors (Lipinski definition) is 4. The molecule has 2 aromatic rings. The van der Waals surface area contributed by atoms with Crippen LogP contribution in [-0.4, -0.2) is 26.6 Å². The van der Waals surface area contributed by atoms with Gasteiger partial charge in [-0.1, -0.05) is 24.3 Å². The van der Waals surface area contributed by atoms with Gasteiger partial charge < -0.3 is 4.74 Å². The first-order valence-corrected chi connectivity index (χ1v) is 9.20. The molecule has 3 rings (SSSR count). The van der Waals surface area contributed by atoms with E-state index in [0.717, 1.165) is 18.4 Å². The summed E-state index contributed by atoms with van der Waals surface area (Å²) in [6.07, 6.45) is 5.08. The van der Waals surface area contributed by atoms with Crippen LogP contribution >= 0.6 is 0 Å². The molecule has 1 aromatic carbocycles. The molecule has 1 unspecified atom stereocenters. The number of rotatable bonds is 5. The van der Waals surface area contributed by atoms with E-state index in [-0.39, 0.29) is 16.9 Å². The van der Waals surface area contributed by atoms with Crippen LogP contribution in [0.4, 0.5) is 0 Å². The minimum absolute atomic E-state index is 0.200. The Morgan fingerprint density at radius 2 is 1.83 bits per heavy atom. The van der Waals surface area contributed by atoms with Gasteiger partial charge in [0.2, 0.25) is 10.0 Å². The fourth-order valence-corrected chi connectivity index (χ4v) is 4.19. The Balaban J connectivity index is 1.89. The molecule has 1 aromatic heterocycles. The highest BCUT2D eigenvalue weighted by molar-refractivity contribution is 7.89. The van der Waals surface area contributed by atoms with Crippen molar-refractivity contribution in [1.29, 1.82) is 0 Å². The maximum Gasteiger partial charge on any atom is 0.241 e. The van der Waals surface area contributed by atoms with E-state index in [1.807, 2.05) is 12.1 Å². The predicted molar refractivity (Wildman–Crippen MR) is 87.3 cm³/mol. The van der Waals surface area contributed by atoms with Crippen LogP contribution in [0.25, 0.3) is 0 Å². The number of benzene rings is 1. The summed E-state index contributed by atoms with van der Waals surface area (Å²) in [6.45, 7) is 1.32. The van der Waals surface area contributed by atoms with Crippen LogP contribution in [0.5, 0.6) is 0 Å². The number of sulfonamides is 1. The molecule has 1 saturated heterocycles. The predicted octanol–water partition coefficient (Wildman–Crippen LogP) is 2.53. The number of nitrogens with one attached hydrogen (secondary N) is 1. The summed E-state index contributed by atoms with van der Waals surface area (Å²) in [7, 11) is -3.58. The molecule has 1 aliphatic rings. The third kappa shape index (κ3) is 3.96. The molecule has 0 amide bonds. The van der Waals surface area contributed by atoms with Gasteiger partial charge in [-0.05, 0) is 42.5 Å². The Morgan fingerprint density at radius 1 is 1.09 bits per heavy atom. The Hall–Kier alpha value is -1.76. The smallest absolute Gasteiger partial charge is 0.241 e. The first-order valence-electron chi connectivity index (χ1n) is 7.72. The minimum Gasteiger partial charge on any atom is -0.381 e. The van der Waals surface area contributed by atoms with E-state index in [1.165, 1.54) is 0 Å². The van der Waals surface area contributed by atoms with E-state index in [0.29, 0.717) is 13.2 Å². The highest BCUT2D eigenvalue weighted by Gasteiger charge is 2.30. The summed E-state index contributed by atoms with van der Waals surface area (Å²) in [5, 5.41) is 0. The Morgan fingerprint density at radius 3 is 2.48 bits per heavy atom. The number of nitrogens with zero attached hydrogens (tertiary/aromatic N) is 1. The third-order valence-corrected chi connectivity index (χ3v) is 5.57. The molecular weight excluding hydrogens is 312 g/mol. The van der Waals surface area contributed by atoms with Gasteiger partial charge in [0.1, 0.15) is 0 Å². The quantitative estimate of drug-likeness (QED) is 0.913. The van der Waals surface area contributed by atoms with Crippen LogP contribution < -0.4 is 4.72 Å². The molecular formula is C17H20N2O3S. The maximum absolute atomic E-state index is 12.7. The molecule has 0 saturated carbocycles. The van der Waals surface area contributed by atoms with Crippen molar-refractivity contribution < 1.29 is 13.2 Å². The summed E-state index contributed by atoms with van der Waals surface area (Å²) in [5.74, 6) is 0.200. The number of aromatic nitrogens is 1. The zero-order chi connectivity index (χ0) is 16.1. The summed E-state index contributed by atoms with van der Waals surface area (Å²) in [6, 6.07) is 11.9. The van der Waals surface area contributed by atoms with Crippen LogP contribution in [0, 0.1) is 5.92 Å². The van der Waals surface area contributed by atoms with Gasteiger partial charge in [0.25, 0.3) is 0 Å². The fraction of sp³-hybridized carbons (Fsp3) is 0.353. The normalized spacial score (nSPS) is 17.7. The molecule has 0 bridgehead atoms. The molecule has 1 N–H and O–H groups in total. The van der Waals surface area contributed by atoms with E-state index in [1.54, 1.807) is 42.7 Å². The van der Waals surface area contributed by atoms with Gasteiger partial charge in [-0.3, -0.25) is 4.98 Å². The lowest BCUT2D eigenvalue weighted by Gasteiger charge is -2.31. The second-order valence-electron chi connectivity index (χ2n) is 5.65. The van der Waals surface area contributed by atoms with Crippen LogP contribution in [0.2, 0.25) is 0 Å². The second kappa shape index (κ2) is 7.21. The molecule has 6 heteroatoms. The zero-order valence-corrected chi connectivity index (χ0v) is 13.6. The Bertz CT molecular complexity index is 714. The van der Waals surface area contributed by atoms with Gasteiger partial charge in [-0.25, -0.2) is 13.1 Å².